The third-order valence-electron chi connectivity index (χ3n) is 4.48. The molecule has 18 heavy (non-hydrogen) atoms. The first-order chi connectivity index (χ1) is 8.47. The van der Waals surface area contributed by atoms with Crippen LogP contribution in [0.4, 0.5) is 0 Å². The highest BCUT2D eigenvalue weighted by Gasteiger charge is 2.45. The molecule has 0 aromatic heterocycles. The molecule has 98 valence electrons. The van der Waals surface area contributed by atoms with Crippen molar-refractivity contribution in [2.24, 2.45) is 23.7 Å². The molecule has 0 unspecified atom stereocenters. The van der Waals surface area contributed by atoms with E-state index in [1.54, 1.807) is 6.08 Å². The van der Waals surface area contributed by atoms with Gasteiger partial charge < -0.3 is 5.11 Å². The normalized spacial score (nSPS) is 32.6. The molecule has 0 saturated carbocycles. The predicted octanol–water partition coefficient (Wildman–Crippen LogP) is 2.82. The average Bonchev–Trinajstić information content (AvgIpc) is 2.73. The van der Waals surface area contributed by atoms with Gasteiger partial charge in [0.15, 0.2) is 5.78 Å². The first-order valence-electron chi connectivity index (χ1n) is 6.63. The number of carboxylic acids is 1. The van der Waals surface area contributed by atoms with E-state index in [0.717, 1.165) is 18.4 Å². The minimum atomic E-state index is -0.864. The minimum absolute atomic E-state index is 0.117. The van der Waals surface area contributed by atoms with Crippen molar-refractivity contribution in [2.45, 2.75) is 33.6 Å². The van der Waals surface area contributed by atoms with Gasteiger partial charge in [0.2, 0.25) is 0 Å². The monoisotopic (exact) mass is 248 g/mol. The molecule has 2 aliphatic rings. The quantitative estimate of drug-likeness (QED) is 0.835. The van der Waals surface area contributed by atoms with Crippen molar-refractivity contribution in [1.29, 1.82) is 0 Å². The third kappa shape index (κ3) is 1.92. The maximum Gasteiger partial charge on any atom is 0.331 e. The number of ketones is 1. The van der Waals surface area contributed by atoms with Crippen LogP contribution in [0.2, 0.25) is 0 Å². The van der Waals surface area contributed by atoms with Crippen LogP contribution in [-0.2, 0) is 9.59 Å². The molecular weight excluding hydrogens is 228 g/mol. The number of carboxylic acid groups (broad SMARTS) is 1. The van der Waals surface area contributed by atoms with E-state index in [0.29, 0.717) is 5.57 Å². The number of hydrogen-bond donors (Lipinski definition) is 1. The highest BCUT2D eigenvalue weighted by atomic mass is 16.4. The Hall–Kier alpha value is -1.38. The van der Waals surface area contributed by atoms with Crippen LogP contribution < -0.4 is 0 Å². The molecule has 0 heterocycles. The molecular formula is C15H20O3. The van der Waals surface area contributed by atoms with E-state index in [1.807, 2.05) is 13.0 Å². The lowest BCUT2D eigenvalue weighted by Gasteiger charge is -2.35. The summed E-state index contributed by atoms with van der Waals surface area (Å²) < 4.78 is 0. The number of aliphatic carboxylic acids is 1. The van der Waals surface area contributed by atoms with E-state index in [1.165, 1.54) is 0 Å². The smallest absolute Gasteiger partial charge is 0.331 e. The number of rotatable bonds is 3. The van der Waals surface area contributed by atoms with Crippen LogP contribution in [0.1, 0.15) is 33.6 Å². The summed E-state index contributed by atoms with van der Waals surface area (Å²) in [6, 6.07) is 0. The molecule has 0 aliphatic heterocycles. The van der Waals surface area contributed by atoms with Gasteiger partial charge >= 0.3 is 5.97 Å². The molecule has 0 aromatic carbocycles. The molecule has 0 aromatic rings. The van der Waals surface area contributed by atoms with Crippen molar-refractivity contribution in [2.75, 3.05) is 0 Å². The van der Waals surface area contributed by atoms with E-state index >= 15 is 0 Å². The van der Waals surface area contributed by atoms with Gasteiger partial charge in [-0.3, -0.25) is 4.79 Å². The van der Waals surface area contributed by atoms with Crippen molar-refractivity contribution in [3.63, 3.8) is 0 Å². The van der Waals surface area contributed by atoms with E-state index in [2.05, 4.69) is 13.8 Å². The van der Waals surface area contributed by atoms with Crippen molar-refractivity contribution < 1.29 is 14.7 Å². The fourth-order valence-corrected chi connectivity index (χ4v) is 3.33. The zero-order valence-electron chi connectivity index (χ0n) is 11.1. The molecule has 0 spiro atoms. The second-order valence-corrected chi connectivity index (χ2v) is 5.52. The van der Waals surface area contributed by atoms with Gasteiger partial charge in [-0.1, -0.05) is 32.4 Å². The Balaban J connectivity index is 2.42. The molecule has 4 atom stereocenters. The summed E-state index contributed by atoms with van der Waals surface area (Å²) in [5.41, 5.74) is 1.25. The zero-order chi connectivity index (χ0) is 13.4. The van der Waals surface area contributed by atoms with Gasteiger partial charge in [-0.2, -0.15) is 0 Å². The van der Waals surface area contributed by atoms with Crippen molar-refractivity contribution in [3.05, 3.63) is 23.3 Å². The SMILES string of the molecule is CC[C@@H](C)[C@@H]1C(=O)C(C)=C[C@@H]2CC=C(C(=O)O)[C@@H]12. The van der Waals surface area contributed by atoms with E-state index < -0.39 is 5.97 Å². The van der Waals surface area contributed by atoms with Crippen molar-refractivity contribution >= 4 is 11.8 Å². The Labute approximate surface area is 108 Å². The Morgan fingerprint density at radius 1 is 1.56 bits per heavy atom. The van der Waals surface area contributed by atoms with Crippen LogP contribution >= 0.6 is 0 Å². The first-order valence-corrected chi connectivity index (χ1v) is 6.63. The fraction of sp³-hybridized carbons (Fsp3) is 0.600. The summed E-state index contributed by atoms with van der Waals surface area (Å²) in [5.74, 6) is -0.568. The van der Waals surface area contributed by atoms with Crippen LogP contribution in [0.5, 0.6) is 0 Å². The third-order valence-corrected chi connectivity index (χ3v) is 4.48. The summed E-state index contributed by atoms with van der Waals surface area (Å²) in [4.78, 5) is 23.6. The van der Waals surface area contributed by atoms with Crippen molar-refractivity contribution in [1.82, 2.24) is 0 Å². The molecule has 0 bridgehead atoms. The Bertz CT molecular complexity index is 445. The van der Waals surface area contributed by atoms with Crippen LogP contribution in [0.15, 0.2) is 23.3 Å². The van der Waals surface area contributed by atoms with Crippen LogP contribution in [0, 0.1) is 23.7 Å². The number of fused-ring (bicyclic) bond motifs is 1. The highest BCUT2D eigenvalue weighted by molar-refractivity contribution is 6.00. The van der Waals surface area contributed by atoms with Gasteiger partial charge in [-0.05, 0) is 30.8 Å². The van der Waals surface area contributed by atoms with Crippen LogP contribution in [0.25, 0.3) is 0 Å². The van der Waals surface area contributed by atoms with E-state index in [4.69, 9.17) is 0 Å². The number of carbonyl (C=O) groups is 2. The van der Waals surface area contributed by atoms with Crippen LogP contribution in [0.3, 0.4) is 0 Å². The van der Waals surface area contributed by atoms with Gasteiger partial charge in [0.05, 0.1) is 0 Å². The molecule has 2 aliphatic carbocycles. The summed E-state index contributed by atoms with van der Waals surface area (Å²) >= 11 is 0. The summed E-state index contributed by atoms with van der Waals surface area (Å²) in [5, 5.41) is 9.28. The molecule has 0 fully saturated rings. The molecule has 3 heteroatoms. The molecule has 0 radical (unpaired) electrons. The lowest BCUT2D eigenvalue weighted by molar-refractivity contribution is -0.134. The summed E-state index contributed by atoms with van der Waals surface area (Å²) in [6.07, 6.45) is 5.43. The second-order valence-electron chi connectivity index (χ2n) is 5.52. The number of carbonyl (C=O) groups excluding carboxylic acids is 1. The van der Waals surface area contributed by atoms with Gasteiger partial charge in [0.25, 0.3) is 0 Å². The predicted molar refractivity (Wildman–Crippen MR) is 69.0 cm³/mol. The molecule has 1 N–H and O–H groups in total. The lowest BCUT2D eigenvalue weighted by Crippen LogP contribution is -2.38. The minimum Gasteiger partial charge on any atom is -0.478 e. The highest BCUT2D eigenvalue weighted by Crippen LogP contribution is 2.46. The standard InChI is InChI=1S/C15H20O3/c1-4-8(2)12-13-10(7-9(3)14(12)16)5-6-11(13)15(17)18/h6-8,10,12-13H,4-5H2,1-3H3,(H,17,18)/t8-,10+,12+,13+/m1/s1. The lowest BCUT2D eigenvalue weighted by atomic mass is 9.66. The molecule has 0 saturated heterocycles. The second kappa shape index (κ2) is 4.71. The topological polar surface area (TPSA) is 54.4 Å². The van der Waals surface area contributed by atoms with Gasteiger partial charge in [0.1, 0.15) is 0 Å². The Morgan fingerprint density at radius 3 is 2.78 bits per heavy atom. The Morgan fingerprint density at radius 2 is 2.22 bits per heavy atom. The maximum absolute atomic E-state index is 12.3. The van der Waals surface area contributed by atoms with E-state index in [-0.39, 0.29) is 29.5 Å². The Kier molecular flexibility index (Phi) is 3.42. The number of hydrogen-bond acceptors (Lipinski definition) is 2. The average molecular weight is 248 g/mol. The van der Waals surface area contributed by atoms with Gasteiger partial charge in [-0.25, -0.2) is 4.79 Å². The molecule has 3 nitrogen and oxygen atoms in total. The number of Topliss-reactive ketones (excluding diaryl/α,β-unsaturated/α-hetero) is 1. The van der Waals surface area contributed by atoms with Crippen LogP contribution in [-0.4, -0.2) is 16.9 Å². The van der Waals surface area contributed by atoms with Gasteiger partial charge in [0, 0.05) is 17.4 Å². The fourth-order valence-electron chi connectivity index (χ4n) is 3.33. The zero-order valence-corrected chi connectivity index (χ0v) is 11.1. The van der Waals surface area contributed by atoms with Gasteiger partial charge in [-0.15, -0.1) is 0 Å². The maximum atomic E-state index is 12.3. The summed E-state index contributed by atoms with van der Waals surface area (Å²) in [6.45, 7) is 5.96. The van der Waals surface area contributed by atoms with E-state index in [9.17, 15) is 14.7 Å². The molecule has 2 rings (SSSR count). The number of allylic oxidation sites excluding steroid dienone is 3. The first kappa shape index (κ1) is 13.1. The summed E-state index contributed by atoms with van der Waals surface area (Å²) in [7, 11) is 0. The molecule has 0 amide bonds. The van der Waals surface area contributed by atoms with Crippen molar-refractivity contribution in [3.8, 4) is 0 Å². The largest absolute Gasteiger partial charge is 0.478 e.